The zero-order valence-corrected chi connectivity index (χ0v) is 19.2. The van der Waals surface area contributed by atoms with Gasteiger partial charge in [-0.1, -0.05) is 58.0 Å². The number of amides is 4. The van der Waals surface area contributed by atoms with Crippen molar-refractivity contribution in [3.8, 4) is 0 Å². The maximum absolute atomic E-state index is 13.2. The van der Waals surface area contributed by atoms with Crippen LogP contribution in [0.25, 0.3) is 0 Å². The number of benzene rings is 1. The number of carbonyl (C=O) groups is 3. The van der Waals surface area contributed by atoms with Gasteiger partial charge in [-0.15, -0.1) is 0 Å². The number of hydrogen-bond donors (Lipinski definition) is 1. The largest absolute Gasteiger partial charge is 0.337 e. The average molecular weight is 430 g/mol. The number of fused-ring (bicyclic) bond motifs is 1. The van der Waals surface area contributed by atoms with Crippen molar-refractivity contribution < 1.29 is 14.4 Å². The number of nitrogens with zero attached hydrogens (tertiary/aromatic N) is 4. The molecule has 1 aromatic rings. The van der Waals surface area contributed by atoms with Gasteiger partial charge in [0, 0.05) is 20.1 Å². The first-order valence-corrected chi connectivity index (χ1v) is 11.1. The smallest absolute Gasteiger partial charge is 0.334 e. The van der Waals surface area contributed by atoms with E-state index in [1.165, 1.54) is 0 Å². The van der Waals surface area contributed by atoms with Crippen LogP contribution < -0.4 is 5.32 Å². The highest BCUT2D eigenvalue weighted by Gasteiger charge is 2.51. The summed E-state index contributed by atoms with van der Waals surface area (Å²) in [6, 6.07) is 8.88. The van der Waals surface area contributed by atoms with Gasteiger partial charge in [0.15, 0.2) is 0 Å². The van der Waals surface area contributed by atoms with Crippen LogP contribution in [0.3, 0.4) is 0 Å². The van der Waals surface area contributed by atoms with E-state index in [4.69, 9.17) is 0 Å². The first kappa shape index (κ1) is 23.1. The summed E-state index contributed by atoms with van der Waals surface area (Å²) < 4.78 is 0. The summed E-state index contributed by atoms with van der Waals surface area (Å²) in [5.74, 6) is 0.285. The lowest BCUT2D eigenvalue weighted by molar-refractivity contribution is -0.190. The van der Waals surface area contributed by atoms with Crippen LogP contribution in [0, 0.1) is 11.8 Å². The molecule has 4 amide bonds. The second-order valence-corrected chi connectivity index (χ2v) is 9.24. The molecule has 1 aromatic carbocycles. The van der Waals surface area contributed by atoms with Gasteiger partial charge in [0.05, 0.1) is 13.1 Å². The SMILES string of the molecule is CC(C)CCN1C[C@H]2N(C(=O)CN(C)N2C(=O)NCc2ccccc2)[C@@H](C(C)C)C1=O. The fraction of sp³-hybridized carbons (Fsp3) is 0.609. The van der Waals surface area contributed by atoms with Crippen molar-refractivity contribution in [1.29, 1.82) is 0 Å². The average Bonchev–Trinajstić information content (AvgIpc) is 2.71. The third kappa shape index (κ3) is 5.01. The molecule has 0 bridgehead atoms. The molecule has 3 rings (SSSR count). The predicted octanol–water partition coefficient (Wildman–Crippen LogP) is 2.13. The van der Waals surface area contributed by atoms with Crippen LogP contribution in [-0.4, -0.2) is 76.6 Å². The van der Waals surface area contributed by atoms with Gasteiger partial charge in [-0.05, 0) is 23.8 Å². The molecule has 2 heterocycles. The van der Waals surface area contributed by atoms with E-state index in [-0.39, 0.29) is 30.3 Å². The number of hydrazine groups is 1. The fourth-order valence-corrected chi connectivity index (χ4v) is 4.33. The summed E-state index contributed by atoms with van der Waals surface area (Å²) in [5, 5.41) is 6.24. The molecule has 2 atom stereocenters. The van der Waals surface area contributed by atoms with E-state index < -0.39 is 12.2 Å². The quantitative estimate of drug-likeness (QED) is 0.752. The minimum atomic E-state index is -0.559. The Bertz CT molecular complexity index is 798. The molecule has 2 fully saturated rings. The number of hydrogen-bond acceptors (Lipinski definition) is 4. The Balaban J connectivity index is 1.84. The van der Waals surface area contributed by atoms with Crippen molar-refractivity contribution in [2.45, 2.75) is 52.9 Å². The molecule has 8 heteroatoms. The highest BCUT2D eigenvalue weighted by molar-refractivity contribution is 5.91. The number of urea groups is 1. The Morgan fingerprint density at radius 2 is 1.81 bits per heavy atom. The summed E-state index contributed by atoms with van der Waals surface area (Å²) in [6.07, 6.45) is 0.368. The van der Waals surface area contributed by atoms with E-state index in [9.17, 15) is 14.4 Å². The topological polar surface area (TPSA) is 76.2 Å². The number of nitrogens with one attached hydrogen (secondary N) is 1. The molecule has 1 N–H and O–H groups in total. The highest BCUT2D eigenvalue weighted by atomic mass is 16.2. The molecule has 0 aliphatic carbocycles. The minimum Gasteiger partial charge on any atom is -0.337 e. The summed E-state index contributed by atoms with van der Waals surface area (Å²) in [5.41, 5.74) is 1.00. The third-order valence-electron chi connectivity index (χ3n) is 5.97. The zero-order chi connectivity index (χ0) is 22.7. The fourth-order valence-electron chi connectivity index (χ4n) is 4.33. The standard InChI is InChI=1S/C23H35N5O3/c1-16(2)11-12-26-14-19-27(21(17(3)4)22(26)30)20(29)15-25(5)28(19)23(31)24-13-18-9-7-6-8-10-18/h6-10,16-17,19,21H,11-15H2,1-5H3,(H,24,31)/t19-,21-/m0/s1. The first-order valence-electron chi connectivity index (χ1n) is 11.1. The summed E-state index contributed by atoms with van der Waals surface area (Å²) in [7, 11) is 1.75. The summed E-state index contributed by atoms with van der Waals surface area (Å²) in [6.45, 7) is 9.58. The summed E-state index contributed by atoms with van der Waals surface area (Å²) >= 11 is 0. The lowest BCUT2D eigenvalue weighted by Gasteiger charge is -2.55. The first-order chi connectivity index (χ1) is 14.7. The van der Waals surface area contributed by atoms with Crippen LogP contribution in [0.15, 0.2) is 30.3 Å². The molecular formula is C23H35N5O3. The van der Waals surface area contributed by atoms with Gasteiger partial charge in [0.25, 0.3) is 0 Å². The van der Waals surface area contributed by atoms with Gasteiger partial charge in [-0.2, -0.15) is 0 Å². The van der Waals surface area contributed by atoms with Gasteiger partial charge in [0.2, 0.25) is 11.8 Å². The van der Waals surface area contributed by atoms with E-state index in [0.29, 0.717) is 25.6 Å². The van der Waals surface area contributed by atoms with Gasteiger partial charge in [-0.3, -0.25) is 9.59 Å². The lowest BCUT2D eigenvalue weighted by atomic mass is 9.95. The molecule has 170 valence electrons. The molecule has 0 aromatic heterocycles. The van der Waals surface area contributed by atoms with E-state index in [1.54, 1.807) is 22.0 Å². The second kappa shape index (κ2) is 9.68. The monoisotopic (exact) mass is 429 g/mol. The minimum absolute atomic E-state index is 0.0190. The molecule has 2 aliphatic heterocycles. The van der Waals surface area contributed by atoms with Crippen molar-refractivity contribution >= 4 is 17.8 Å². The van der Waals surface area contributed by atoms with Crippen molar-refractivity contribution in [1.82, 2.24) is 25.1 Å². The second-order valence-electron chi connectivity index (χ2n) is 9.24. The van der Waals surface area contributed by atoms with Gasteiger partial charge in [0.1, 0.15) is 12.2 Å². The highest BCUT2D eigenvalue weighted by Crippen LogP contribution is 2.29. The van der Waals surface area contributed by atoms with Crippen LogP contribution in [0.4, 0.5) is 4.79 Å². The Morgan fingerprint density at radius 3 is 2.42 bits per heavy atom. The molecule has 0 saturated carbocycles. The van der Waals surface area contributed by atoms with Crippen molar-refractivity contribution in [3.05, 3.63) is 35.9 Å². The maximum Gasteiger partial charge on any atom is 0.334 e. The molecule has 2 aliphatic rings. The van der Waals surface area contributed by atoms with Gasteiger partial charge >= 0.3 is 6.03 Å². The molecule has 0 radical (unpaired) electrons. The van der Waals surface area contributed by atoms with E-state index in [2.05, 4.69) is 19.2 Å². The van der Waals surface area contributed by atoms with Crippen LogP contribution in [0.5, 0.6) is 0 Å². The van der Waals surface area contributed by atoms with Crippen LogP contribution in [0.2, 0.25) is 0 Å². The Kier molecular flexibility index (Phi) is 7.20. The van der Waals surface area contributed by atoms with Gasteiger partial charge in [-0.25, -0.2) is 14.8 Å². The number of piperazine rings is 1. The normalized spacial score (nSPS) is 22.4. The van der Waals surface area contributed by atoms with Crippen molar-refractivity contribution in [3.63, 3.8) is 0 Å². The van der Waals surface area contributed by atoms with E-state index >= 15 is 0 Å². The number of carbonyl (C=O) groups excluding carboxylic acids is 3. The molecule has 0 unspecified atom stereocenters. The van der Waals surface area contributed by atoms with Crippen LogP contribution in [0.1, 0.15) is 39.7 Å². The van der Waals surface area contributed by atoms with Crippen LogP contribution in [-0.2, 0) is 16.1 Å². The Labute approximate surface area is 185 Å². The number of rotatable bonds is 6. The van der Waals surface area contributed by atoms with Crippen molar-refractivity contribution in [2.24, 2.45) is 11.8 Å². The third-order valence-corrected chi connectivity index (χ3v) is 5.97. The van der Waals surface area contributed by atoms with E-state index in [1.807, 2.05) is 49.1 Å². The van der Waals surface area contributed by atoms with Crippen LogP contribution >= 0.6 is 0 Å². The Hall–Kier alpha value is -2.61. The van der Waals surface area contributed by atoms with E-state index in [0.717, 1.165) is 12.0 Å². The van der Waals surface area contributed by atoms with Gasteiger partial charge < -0.3 is 15.1 Å². The summed E-state index contributed by atoms with van der Waals surface area (Å²) in [4.78, 5) is 42.9. The number of likely N-dealkylation sites (N-methyl/N-ethyl adjacent to an activating group) is 1. The Morgan fingerprint density at radius 1 is 1.13 bits per heavy atom. The maximum atomic E-state index is 13.2. The molecule has 8 nitrogen and oxygen atoms in total. The lowest BCUT2D eigenvalue weighted by Crippen LogP contribution is -2.76. The predicted molar refractivity (Wildman–Crippen MR) is 118 cm³/mol. The molecule has 2 saturated heterocycles. The molecular weight excluding hydrogens is 394 g/mol. The zero-order valence-electron chi connectivity index (χ0n) is 19.2. The molecule has 31 heavy (non-hydrogen) atoms. The molecule has 0 spiro atoms. The van der Waals surface area contributed by atoms with Crippen molar-refractivity contribution in [2.75, 3.05) is 26.7 Å².